The molecule has 0 bridgehead atoms. The Morgan fingerprint density at radius 2 is 1.71 bits per heavy atom. The lowest BCUT2D eigenvalue weighted by molar-refractivity contribution is 0.0624. The van der Waals surface area contributed by atoms with Crippen LogP contribution in [0.2, 0.25) is 5.02 Å². The number of piperazine rings is 1. The maximum atomic E-state index is 15.0. The van der Waals surface area contributed by atoms with E-state index in [9.17, 15) is 22.0 Å². The topological polar surface area (TPSA) is 82.6 Å². The van der Waals surface area contributed by atoms with Gasteiger partial charge in [-0.05, 0) is 48.0 Å². The van der Waals surface area contributed by atoms with E-state index in [0.717, 1.165) is 11.6 Å². The van der Waals surface area contributed by atoms with Gasteiger partial charge in [-0.25, -0.2) is 17.2 Å². The second-order valence-electron chi connectivity index (χ2n) is 8.95. The quantitative estimate of drug-likeness (QED) is 0.364. The number of fused-ring (bicyclic) bond motifs is 1. The van der Waals surface area contributed by atoms with Gasteiger partial charge in [0.25, 0.3) is 15.9 Å². The van der Waals surface area contributed by atoms with Gasteiger partial charge in [0.15, 0.2) is 0 Å². The number of pyridine rings is 1. The number of nitrogens with one attached hydrogen (secondary N) is 1. The van der Waals surface area contributed by atoms with Crippen molar-refractivity contribution in [1.82, 2.24) is 14.8 Å². The highest BCUT2D eigenvalue weighted by molar-refractivity contribution is 7.93. The number of para-hydroxylation sites is 1. The van der Waals surface area contributed by atoms with Crippen LogP contribution in [0, 0.1) is 11.6 Å². The molecule has 0 aliphatic carbocycles. The monoisotopic (exact) mass is 556 g/mol. The molecule has 11 heteroatoms. The number of carbonyl (C=O) groups excluding carboxylic acids is 1. The molecule has 0 unspecified atom stereocenters. The molecule has 1 aliphatic heterocycles. The second kappa shape index (κ2) is 10.6. The smallest absolute Gasteiger partial charge is 0.264 e. The van der Waals surface area contributed by atoms with E-state index < -0.39 is 27.6 Å². The summed E-state index contributed by atoms with van der Waals surface area (Å²) in [6.07, 6.45) is 1.50. The first-order chi connectivity index (χ1) is 18.2. The predicted octanol–water partition coefficient (Wildman–Crippen LogP) is 4.93. The molecule has 4 aromatic rings. The van der Waals surface area contributed by atoms with Crippen LogP contribution < -0.4 is 4.72 Å². The number of benzene rings is 3. The largest absolute Gasteiger partial charge is 0.336 e. The highest BCUT2D eigenvalue weighted by Gasteiger charge is 2.25. The average Bonchev–Trinajstić information content (AvgIpc) is 2.90. The van der Waals surface area contributed by atoms with Crippen molar-refractivity contribution in [2.24, 2.45) is 0 Å². The van der Waals surface area contributed by atoms with Gasteiger partial charge in [0.05, 0.1) is 21.8 Å². The van der Waals surface area contributed by atoms with Crippen molar-refractivity contribution in [2.45, 2.75) is 11.4 Å². The molecular weight excluding hydrogens is 534 g/mol. The van der Waals surface area contributed by atoms with Gasteiger partial charge in [-0.15, -0.1) is 0 Å². The molecule has 0 radical (unpaired) electrons. The van der Waals surface area contributed by atoms with Crippen molar-refractivity contribution in [3.8, 4) is 0 Å². The summed E-state index contributed by atoms with van der Waals surface area (Å²) in [7, 11) is -4.06. The number of carbonyl (C=O) groups is 1. The maximum absolute atomic E-state index is 15.0. The van der Waals surface area contributed by atoms with E-state index in [2.05, 4.69) is 14.6 Å². The average molecular weight is 557 g/mol. The fraction of sp³-hybridized carbons (Fsp3) is 0.185. The maximum Gasteiger partial charge on any atom is 0.264 e. The van der Waals surface area contributed by atoms with Crippen LogP contribution in [0.25, 0.3) is 10.9 Å². The molecule has 0 spiro atoms. The van der Waals surface area contributed by atoms with Gasteiger partial charge in [0.2, 0.25) is 0 Å². The number of hydrogen-bond donors (Lipinski definition) is 1. The first kappa shape index (κ1) is 26.0. The zero-order valence-electron chi connectivity index (χ0n) is 20.1. The summed E-state index contributed by atoms with van der Waals surface area (Å²) in [4.78, 5) is 20.7. The third kappa shape index (κ3) is 5.47. The molecular formula is C27H23ClF2N4O3S. The molecule has 5 rings (SSSR count). The van der Waals surface area contributed by atoms with Gasteiger partial charge in [0, 0.05) is 44.3 Å². The molecule has 38 heavy (non-hydrogen) atoms. The van der Waals surface area contributed by atoms with Crippen molar-refractivity contribution in [2.75, 3.05) is 30.9 Å². The van der Waals surface area contributed by atoms with Gasteiger partial charge in [0.1, 0.15) is 16.5 Å². The molecule has 1 aromatic heterocycles. The number of sulfonamides is 1. The van der Waals surface area contributed by atoms with Crippen molar-refractivity contribution in [1.29, 1.82) is 0 Å². The molecule has 0 saturated carbocycles. The van der Waals surface area contributed by atoms with E-state index in [1.807, 2.05) is 0 Å². The van der Waals surface area contributed by atoms with Crippen LogP contribution in [-0.2, 0) is 16.6 Å². The van der Waals surface area contributed by atoms with Gasteiger partial charge < -0.3 is 4.90 Å². The fourth-order valence-electron chi connectivity index (χ4n) is 4.43. The van der Waals surface area contributed by atoms with E-state index in [1.54, 1.807) is 35.2 Å². The number of aromatic nitrogens is 1. The Balaban J connectivity index is 1.24. The number of halogens is 3. The lowest BCUT2D eigenvalue weighted by atomic mass is 10.1. The van der Waals surface area contributed by atoms with Crippen molar-refractivity contribution >= 4 is 44.1 Å². The standard InChI is InChI=1S/C27H23ClF2N4O3S/c28-22-9-6-18(15-24(22)30)17-33-11-13-34(14-12-33)27(35)21-8-7-20(16-23(21)29)32-38(36,37)25-5-1-3-19-4-2-10-31-26(19)25/h1-10,15-16,32H,11-14,17H2. The van der Waals surface area contributed by atoms with E-state index in [1.165, 1.54) is 36.5 Å². The minimum Gasteiger partial charge on any atom is -0.336 e. The molecule has 1 N–H and O–H groups in total. The Kier molecular flexibility index (Phi) is 7.29. The first-order valence-corrected chi connectivity index (χ1v) is 13.7. The summed E-state index contributed by atoms with van der Waals surface area (Å²) in [6.45, 7) is 2.32. The molecule has 2 heterocycles. The summed E-state index contributed by atoms with van der Waals surface area (Å²) in [5.74, 6) is -1.79. The third-order valence-corrected chi connectivity index (χ3v) is 8.11. The number of hydrogen-bond acceptors (Lipinski definition) is 5. The van der Waals surface area contributed by atoms with Crippen molar-refractivity contribution in [3.63, 3.8) is 0 Å². The van der Waals surface area contributed by atoms with Crippen LogP contribution in [0.3, 0.4) is 0 Å². The van der Waals surface area contributed by atoms with Crippen LogP contribution >= 0.6 is 11.6 Å². The van der Waals surface area contributed by atoms with Crippen LogP contribution in [0.15, 0.2) is 77.8 Å². The van der Waals surface area contributed by atoms with E-state index in [4.69, 9.17) is 11.6 Å². The summed E-state index contributed by atoms with van der Waals surface area (Å²) >= 11 is 5.74. The number of anilines is 1. The van der Waals surface area contributed by atoms with Gasteiger partial charge in [-0.2, -0.15) is 0 Å². The van der Waals surface area contributed by atoms with E-state index in [-0.39, 0.29) is 21.2 Å². The van der Waals surface area contributed by atoms with E-state index >= 15 is 0 Å². The number of nitrogens with zero attached hydrogens (tertiary/aromatic N) is 3. The molecule has 7 nitrogen and oxygen atoms in total. The van der Waals surface area contributed by atoms with Gasteiger partial charge in [-0.3, -0.25) is 19.4 Å². The molecule has 1 saturated heterocycles. The van der Waals surface area contributed by atoms with Gasteiger partial charge in [-0.1, -0.05) is 35.9 Å². The SMILES string of the molecule is O=C(c1ccc(NS(=O)(=O)c2cccc3cccnc23)cc1F)N1CCN(Cc2ccc(Cl)c(F)c2)CC1. The third-order valence-electron chi connectivity index (χ3n) is 6.39. The van der Waals surface area contributed by atoms with Crippen LogP contribution in [0.4, 0.5) is 14.5 Å². The Bertz CT molecular complexity index is 1620. The molecule has 196 valence electrons. The summed E-state index contributed by atoms with van der Waals surface area (Å²) < 4.78 is 57.1. The van der Waals surface area contributed by atoms with Crippen LogP contribution in [-0.4, -0.2) is 55.3 Å². The summed E-state index contributed by atoms with van der Waals surface area (Å²) in [5.41, 5.74) is 0.921. The molecule has 0 atom stereocenters. The van der Waals surface area contributed by atoms with E-state index in [0.29, 0.717) is 43.6 Å². The van der Waals surface area contributed by atoms with Crippen molar-refractivity contribution < 1.29 is 22.0 Å². The first-order valence-electron chi connectivity index (χ1n) is 11.8. The van der Waals surface area contributed by atoms with Crippen LogP contribution in [0.1, 0.15) is 15.9 Å². The lowest BCUT2D eigenvalue weighted by Crippen LogP contribution is -2.48. The molecule has 1 fully saturated rings. The minimum atomic E-state index is -4.06. The molecule has 3 aromatic carbocycles. The highest BCUT2D eigenvalue weighted by atomic mass is 35.5. The predicted molar refractivity (Wildman–Crippen MR) is 142 cm³/mol. The second-order valence-corrected chi connectivity index (χ2v) is 11.0. The highest BCUT2D eigenvalue weighted by Crippen LogP contribution is 2.25. The Morgan fingerprint density at radius 1 is 0.947 bits per heavy atom. The molecule has 1 aliphatic rings. The summed E-state index contributed by atoms with van der Waals surface area (Å²) in [5, 5.41) is 0.721. The Hall–Kier alpha value is -3.60. The normalized spacial score (nSPS) is 14.6. The summed E-state index contributed by atoms with van der Waals surface area (Å²) in [6, 6.07) is 16.5. The minimum absolute atomic E-state index is 0.00741. The zero-order chi connectivity index (χ0) is 26.9. The fourth-order valence-corrected chi connectivity index (χ4v) is 5.78. The van der Waals surface area contributed by atoms with Crippen LogP contribution in [0.5, 0.6) is 0 Å². The van der Waals surface area contributed by atoms with Gasteiger partial charge >= 0.3 is 0 Å². The Morgan fingerprint density at radius 3 is 2.45 bits per heavy atom. The lowest BCUT2D eigenvalue weighted by Gasteiger charge is -2.34. The van der Waals surface area contributed by atoms with Crippen molar-refractivity contribution in [3.05, 3.63) is 101 Å². The Labute approximate surface area is 223 Å². The number of amides is 1. The molecule has 1 amide bonds. The zero-order valence-corrected chi connectivity index (χ0v) is 21.6. The number of rotatable bonds is 6.